The molecule has 0 aromatic heterocycles. The molecule has 2 saturated heterocycles. The fraction of sp³-hybridized carbons (Fsp3) is 0.632. The van der Waals surface area contributed by atoms with Crippen LogP contribution in [-0.4, -0.2) is 113 Å². The molecular weight excluding hydrogens is 442 g/mol. The SMILES string of the molecule is CN1CCN(S(=O)(=O)N2CCN(C(=O)c3ccc4c(c3)CCN4S(C)(=O)=O)CC2)CC1. The summed E-state index contributed by atoms with van der Waals surface area (Å²) in [6.45, 7) is 3.99. The van der Waals surface area contributed by atoms with Crippen molar-refractivity contribution >= 4 is 31.8 Å². The quantitative estimate of drug-likeness (QED) is 0.573. The maximum atomic E-state index is 13.0. The van der Waals surface area contributed by atoms with Crippen LogP contribution in [-0.2, 0) is 26.7 Å². The number of piperazine rings is 2. The van der Waals surface area contributed by atoms with E-state index in [9.17, 15) is 21.6 Å². The van der Waals surface area contributed by atoms with Gasteiger partial charge in [-0.3, -0.25) is 9.10 Å². The first-order chi connectivity index (χ1) is 14.6. The zero-order chi connectivity index (χ0) is 22.4. The third-order valence-electron chi connectivity index (χ3n) is 6.22. The highest BCUT2D eigenvalue weighted by molar-refractivity contribution is 7.92. The molecule has 12 heteroatoms. The van der Waals surface area contributed by atoms with Crippen molar-refractivity contribution in [3.8, 4) is 0 Å². The lowest BCUT2D eigenvalue weighted by atomic mass is 10.1. The number of hydrogen-bond donors (Lipinski definition) is 0. The van der Waals surface area contributed by atoms with Crippen molar-refractivity contribution in [1.82, 2.24) is 18.4 Å². The van der Waals surface area contributed by atoms with Crippen molar-refractivity contribution in [2.24, 2.45) is 0 Å². The van der Waals surface area contributed by atoms with Crippen molar-refractivity contribution in [2.45, 2.75) is 6.42 Å². The van der Waals surface area contributed by atoms with Gasteiger partial charge in [-0.15, -0.1) is 0 Å². The number of carbonyl (C=O) groups excluding carboxylic acids is 1. The number of nitrogens with zero attached hydrogens (tertiary/aromatic N) is 5. The summed E-state index contributed by atoms with van der Waals surface area (Å²) in [5, 5.41) is 0. The Labute approximate surface area is 184 Å². The summed E-state index contributed by atoms with van der Waals surface area (Å²) < 4.78 is 54.0. The first kappa shape index (κ1) is 22.5. The molecule has 31 heavy (non-hydrogen) atoms. The molecule has 1 aromatic rings. The first-order valence-corrected chi connectivity index (χ1v) is 13.7. The summed E-state index contributed by atoms with van der Waals surface area (Å²) in [5.41, 5.74) is 1.97. The van der Waals surface area contributed by atoms with Crippen molar-refractivity contribution in [2.75, 3.05) is 76.5 Å². The molecule has 0 atom stereocenters. The minimum atomic E-state index is -3.51. The van der Waals surface area contributed by atoms with Gasteiger partial charge in [0.05, 0.1) is 11.9 Å². The number of benzene rings is 1. The molecule has 10 nitrogen and oxygen atoms in total. The fourth-order valence-corrected chi connectivity index (χ4v) is 6.87. The lowest BCUT2D eigenvalue weighted by molar-refractivity contribution is 0.0692. The van der Waals surface area contributed by atoms with Crippen LogP contribution >= 0.6 is 0 Å². The summed E-state index contributed by atoms with van der Waals surface area (Å²) in [4.78, 5) is 16.8. The molecule has 3 heterocycles. The maximum Gasteiger partial charge on any atom is 0.282 e. The third kappa shape index (κ3) is 4.44. The van der Waals surface area contributed by atoms with Gasteiger partial charge >= 0.3 is 0 Å². The van der Waals surface area contributed by atoms with E-state index in [0.717, 1.165) is 5.56 Å². The van der Waals surface area contributed by atoms with Gasteiger partial charge in [0, 0.05) is 64.5 Å². The number of anilines is 1. The smallest absolute Gasteiger partial charge is 0.282 e. The Morgan fingerprint density at radius 3 is 2.00 bits per heavy atom. The first-order valence-electron chi connectivity index (χ1n) is 10.4. The van der Waals surface area contributed by atoms with E-state index in [-0.39, 0.29) is 19.0 Å². The van der Waals surface area contributed by atoms with Crippen LogP contribution in [0.3, 0.4) is 0 Å². The van der Waals surface area contributed by atoms with E-state index in [2.05, 4.69) is 4.90 Å². The minimum absolute atomic E-state index is 0.155. The van der Waals surface area contributed by atoms with Gasteiger partial charge in [-0.2, -0.15) is 17.0 Å². The summed E-state index contributed by atoms with van der Waals surface area (Å²) in [7, 11) is -4.87. The fourth-order valence-electron chi connectivity index (χ4n) is 4.34. The van der Waals surface area contributed by atoms with Crippen molar-refractivity contribution in [1.29, 1.82) is 0 Å². The second kappa shape index (κ2) is 8.32. The van der Waals surface area contributed by atoms with Gasteiger partial charge in [0.15, 0.2) is 0 Å². The Morgan fingerprint density at radius 2 is 1.42 bits per heavy atom. The summed E-state index contributed by atoms with van der Waals surface area (Å²) in [6.07, 6.45) is 1.75. The number of sulfonamides is 1. The van der Waals surface area contributed by atoms with Gasteiger partial charge in [0.25, 0.3) is 16.1 Å². The average molecular weight is 472 g/mol. The zero-order valence-electron chi connectivity index (χ0n) is 17.9. The van der Waals surface area contributed by atoms with Crippen LogP contribution in [0.5, 0.6) is 0 Å². The van der Waals surface area contributed by atoms with Crippen LogP contribution in [0.15, 0.2) is 18.2 Å². The van der Waals surface area contributed by atoms with Crippen LogP contribution in [0.2, 0.25) is 0 Å². The highest BCUT2D eigenvalue weighted by Gasteiger charge is 2.35. The molecule has 2 fully saturated rings. The highest BCUT2D eigenvalue weighted by Crippen LogP contribution is 2.31. The maximum absolute atomic E-state index is 13.0. The van der Waals surface area contributed by atoms with Crippen LogP contribution in [0, 0.1) is 0 Å². The van der Waals surface area contributed by atoms with Crippen molar-refractivity contribution in [3.05, 3.63) is 29.3 Å². The van der Waals surface area contributed by atoms with E-state index in [1.807, 2.05) is 7.05 Å². The zero-order valence-corrected chi connectivity index (χ0v) is 19.5. The molecule has 0 saturated carbocycles. The lowest BCUT2D eigenvalue weighted by Crippen LogP contribution is -2.57. The number of carbonyl (C=O) groups is 1. The molecule has 0 N–H and O–H groups in total. The molecule has 0 radical (unpaired) electrons. The molecule has 3 aliphatic rings. The van der Waals surface area contributed by atoms with Crippen LogP contribution in [0.25, 0.3) is 0 Å². The van der Waals surface area contributed by atoms with Gasteiger partial charge in [-0.1, -0.05) is 0 Å². The minimum Gasteiger partial charge on any atom is -0.336 e. The lowest BCUT2D eigenvalue weighted by Gasteiger charge is -2.39. The molecule has 4 rings (SSSR count). The predicted molar refractivity (Wildman–Crippen MR) is 118 cm³/mol. The topological polar surface area (TPSA) is 102 Å². The van der Waals surface area contributed by atoms with E-state index in [0.29, 0.717) is 63.5 Å². The van der Waals surface area contributed by atoms with Crippen molar-refractivity contribution in [3.63, 3.8) is 0 Å². The highest BCUT2D eigenvalue weighted by atomic mass is 32.2. The average Bonchev–Trinajstić information content (AvgIpc) is 3.17. The number of amides is 1. The molecule has 0 spiro atoms. The van der Waals surface area contributed by atoms with Crippen molar-refractivity contribution < 1.29 is 21.6 Å². The van der Waals surface area contributed by atoms with Gasteiger partial charge in [0.1, 0.15) is 0 Å². The van der Waals surface area contributed by atoms with E-state index < -0.39 is 20.2 Å². The van der Waals surface area contributed by atoms with Gasteiger partial charge < -0.3 is 9.80 Å². The molecular formula is C19H29N5O5S2. The predicted octanol–water partition coefficient (Wildman–Crippen LogP) is -0.741. The molecule has 0 bridgehead atoms. The Balaban J connectivity index is 1.40. The second-order valence-corrected chi connectivity index (χ2v) is 12.2. The van der Waals surface area contributed by atoms with Crippen LogP contribution in [0.4, 0.5) is 5.69 Å². The number of rotatable bonds is 4. The standard InChI is InChI=1S/C19H29N5O5S2/c1-20-7-11-22(12-8-20)31(28,29)23-13-9-21(10-14-23)19(25)17-3-4-18-16(15-17)5-6-24(18)30(2,26)27/h3-4,15H,5-14H2,1-2H3. The van der Waals surface area contributed by atoms with E-state index in [1.165, 1.54) is 19.2 Å². The summed E-state index contributed by atoms with van der Waals surface area (Å²) >= 11 is 0. The second-order valence-electron chi connectivity index (χ2n) is 8.33. The molecule has 1 aromatic carbocycles. The number of fused-ring (bicyclic) bond motifs is 1. The van der Waals surface area contributed by atoms with E-state index in [4.69, 9.17) is 0 Å². The Kier molecular flexibility index (Phi) is 6.03. The van der Waals surface area contributed by atoms with Crippen LogP contribution < -0.4 is 4.31 Å². The molecule has 0 aliphatic carbocycles. The monoisotopic (exact) mass is 471 g/mol. The Morgan fingerprint density at radius 1 is 0.839 bits per heavy atom. The third-order valence-corrected chi connectivity index (χ3v) is 9.44. The molecule has 3 aliphatic heterocycles. The normalized spacial score (nSPS) is 22.0. The molecule has 172 valence electrons. The van der Waals surface area contributed by atoms with E-state index >= 15 is 0 Å². The molecule has 1 amide bonds. The summed E-state index contributed by atoms with van der Waals surface area (Å²) in [6, 6.07) is 5.10. The summed E-state index contributed by atoms with van der Waals surface area (Å²) in [5.74, 6) is -0.155. The number of hydrogen-bond acceptors (Lipinski definition) is 6. The van der Waals surface area contributed by atoms with E-state index in [1.54, 1.807) is 23.1 Å². The van der Waals surface area contributed by atoms with Crippen LogP contribution in [0.1, 0.15) is 15.9 Å². The van der Waals surface area contributed by atoms with Gasteiger partial charge in [-0.25, -0.2) is 8.42 Å². The number of likely N-dealkylation sites (N-methyl/N-ethyl adjacent to an activating group) is 1. The Hall–Kier alpha value is -1.73. The Bertz CT molecular complexity index is 1060. The molecule has 0 unspecified atom stereocenters. The van der Waals surface area contributed by atoms with Gasteiger partial charge in [-0.05, 0) is 37.2 Å². The largest absolute Gasteiger partial charge is 0.336 e. The van der Waals surface area contributed by atoms with Gasteiger partial charge in [0.2, 0.25) is 10.0 Å².